The molecule has 0 radical (unpaired) electrons. The highest BCUT2D eigenvalue weighted by molar-refractivity contribution is 6.29. The van der Waals surface area contributed by atoms with E-state index in [1.807, 2.05) is 0 Å². The van der Waals surface area contributed by atoms with Crippen LogP contribution in [0.25, 0.3) is 71.7 Å². The summed E-state index contributed by atoms with van der Waals surface area (Å²) in [5.74, 6) is 0. The lowest BCUT2D eigenvalue weighted by atomic mass is 9.82. The molecule has 2 aromatic heterocycles. The van der Waals surface area contributed by atoms with Crippen molar-refractivity contribution >= 4 is 60.8 Å². The Morgan fingerprint density at radius 1 is 0.481 bits per heavy atom. The molecule has 0 unspecified atom stereocenters. The van der Waals surface area contributed by atoms with Crippen molar-refractivity contribution in [2.24, 2.45) is 0 Å². The molecule has 0 bridgehead atoms. The fraction of sp³-hybridized carbons (Fsp3) is 0.0588. The molecule has 3 nitrogen and oxygen atoms in total. The minimum atomic E-state index is -0.131. The third-order valence-electron chi connectivity index (χ3n) is 11.6. The molecule has 0 saturated carbocycles. The van der Waals surface area contributed by atoms with Crippen LogP contribution in [0.1, 0.15) is 25.0 Å². The number of hydrogen-bond donors (Lipinski definition) is 0. The average Bonchev–Trinajstić information content (AvgIpc) is 3.84. The highest BCUT2D eigenvalue weighted by Crippen LogP contribution is 2.53. The smallest absolute Gasteiger partial charge is 0.138 e. The molecule has 0 saturated heterocycles. The molecule has 11 rings (SSSR count). The number of aromatic nitrogens is 1. The number of nitrogens with zero attached hydrogens (tertiary/aromatic N) is 2. The van der Waals surface area contributed by atoms with Gasteiger partial charge < -0.3 is 13.9 Å². The van der Waals surface area contributed by atoms with Crippen LogP contribution < -0.4 is 4.90 Å². The topological polar surface area (TPSA) is 21.3 Å². The van der Waals surface area contributed by atoms with E-state index in [4.69, 9.17) is 4.42 Å². The third kappa shape index (κ3) is 4.36. The van der Waals surface area contributed by atoms with Crippen molar-refractivity contribution in [1.29, 1.82) is 0 Å². The van der Waals surface area contributed by atoms with Crippen molar-refractivity contribution in [3.05, 3.63) is 193 Å². The maximum absolute atomic E-state index is 6.69. The first-order valence-electron chi connectivity index (χ1n) is 18.7. The third-order valence-corrected chi connectivity index (χ3v) is 11.6. The molecule has 256 valence electrons. The first kappa shape index (κ1) is 30.8. The quantitative estimate of drug-likeness (QED) is 0.179. The summed E-state index contributed by atoms with van der Waals surface area (Å²) in [6.45, 7) is 4.71. The van der Waals surface area contributed by atoms with E-state index in [9.17, 15) is 0 Å². The van der Waals surface area contributed by atoms with Crippen molar-refractivity contribution in [2.75, 3.05) is 4.90 Å². The Balaban J connectivity index is 1.30. The maximum Gasteiger partial charge on any atom is 0.138 e. The summed E-state index contributed by atoms with van der Waals surface area (Å²) in [5, 5.41) is 4.64. The van der Waals surface area contributed by atoms with Crippen molar-refractivity contribution < 1.29 is 4.42 Å². The van der Waals surface area contributed by atoms with E-state index in [0.29, 0.717) is 0 Å². The normalized spacial score (nSPS) is 13.1. The molecule has 0 spiro atoms. The number of anilines is 3. The maximum atomic E-state index is 6.69. The molecule has 8 aromatic carbocycles. The minimum Gasteiger partial charge on any atom is -0.456 e. The van der Waals surface area contributed by atoms with Crippen molar-refractivity contribution in [3.63, 3.8) is 0 Å². The number of rotatable bonds is 5. The molecular weight excluding hydrogens is 657 g/mol. The Labute approximate surface area is 314 Å². The highest BCUT2D eigenvalue weighted by Gasteiger charge is 2.36. The van der Waals surface area contributed by atoms with E-state index in [2.05, 4.69) is 205 Å². The number of para-hydroxylation sites is 3. The summed E-state index contributed by atoms with van der Waals surface area (Å²) >= 11 is 0. The van der Waals surface area contributed by atoms with Crippen molar-refractivity contribution in [3.8, 4) is 27.9 Å². The number of hydrogen-bond acceptors (Lipinski definition) is 2. The summed E-state index contributed by atoms with van der Waals surface area (Å²) in [5.41, 5.74) is 16.0. The van der Waals surface area contributed by atoms with Crippen LogP contribution in [0, 0.1) is 0 Å². The molecule has 1 aliphatic carbocycles. The number of benzene rings is 8. The summed E-state index contributed by atoms with van der Waals surface area (Å²) in [4.78, 5) is 2.46. The molecule has 0 aliphatic heterocycles. The first-order chi connectivity index (χ1) is 26.6. The summed E-state index contributed by atoms with van der Waals surface area (Å²) in [6.07, 6.45) is 0. The zero-order valence-corrected chi connectivity index (χ0v) is 30.1. The van der Waals surface area contributed by atoms with Crippen LogP contribution in [-0.2, 0) is 5.41 Å². The SMILES string of the molecule is CC1(C)c2ccccc2-c2ccc(N(c3ccccc3)c3cccc4c3c3c(-c5ccccc5)c5c(cc3n4-c3ccccc3)oc3ccccc35)cc21. The van der Waals surface area contributed by atoms with E-state index in [1.54, 1.807) is 0 Å². The lowest BCUT2D eigenvalue weighted by Crippen LogP contribution is -2.16. The number of fused-ring (bicyclic) bond motifs is 9. The summed E-state index contributed by atoms with van der Waals surface area (Å²) in [6, 6.07) is 65.8. The Hall–Kier alpha value is -6.84. The van der Waals surface area contributed by atoms with Gasteiger partial charge in [0, 0.05) is 55.7 Å². The molecule has 0 amide bonds. The van der Waals surface area contributed by atoms with Crippen LogP contribution in [0.15, 0.2) is 186 Å². The monoisotopic (exact) mass is 692 g/mol. The first-order valence-corrected chi connectivity index (χ1v) is 18.7. The average molecular weight is 693 g/mol. The van der Waals surface area contributed by atoms with E-state index in [0.717, 1.165) is 61.3 Å². The second-order valence-electron chi connectivity index (χ2n) is 14.9. The van der Waals surface area contributed by atoms with Gasteiger partial charge in [-0.05, 0) is 82.4 Å². The fourth-order valence-corrected chi connectivity index (χ4v) is 9.17. The lowest BCUT2D eigenvalue weighted by Gasteiger charge is -2.29. The zero-order valence-electron chi connectivity index (χ0n) is 30.1. The molecule has 0 fully saturated rings. The predicted octanol–water partition coefficient (Wildman–Crippen LogP) is 14.1. The minimum absolute atomic E-state index is 0.131. The van der Waals surface area contributed by atoms with Gasteiger partial charge in [-0.15, -0.1) is 0 Å². The van der Waals surface area contributed by atoms with Gasteiger partial charge in [-0.1, -0.05) is 135 Å². The van der Waals surface area contributed by atoms with Gasteiger partial charge in [-0.3, -0.25) is 0 Å². The Morgan fingerprint density at radius 3 is 1.98 bits per heavy atom. The molecule has 10 aromatic rings. The van der Waals surface area contributed by atoms with Gasteiger partial charge in [0.25, 0.3) is 0 Å². The van der Waals surface area contributed by atoms with Crippen LogP contribution in [0.3, 0.4) is 0 Å². The van der Waals surface area contributed by atoms with Gasteiger partial charge >= 0.3 is 0 Å². The molecule has 0 atom stereocenters. The zero-order chi connectivity index (χ0) is 36.0. The Bertz CT molecular complexity index is 3060. The van der Waals surface area contributed by atoms with E-state index < -0.39 is 0 Å². The second kappa shape index (κ2) is 11.6. The summed E-state index contributed by atoms with van der Waals surface area (Å²) in [7, 11) is 0. The largest absolute Gasteiger partial charge is 0.456 e. The van der Waals surface area contributed by atoms with Gasteiger partial charge in [0.1, 0.15) is 11.2 Å². The van der Waals surface area contributed by atoms with Crippen molar-refractivity contribution in [2.45, 2.75) is 19.3 Å². The second-order valence-corrected chi connectivity index (χ2v) is 14.9. The van der Waals surface area contributed by atoms with Gasteiger partial charge in [-0.2, -0.15) is 0 Å². The van der Waals surface area contributed by atoms with Gasteiger partial charge in [0.15, 0.2) is 0 Å². The van der Waals surface area contributed by atoms with Crippen LogP contribution in [0.5, 0.6) is 0 Å². The molecule has 1 aliphatic rings. The van der Waals surface area contributed by atoms with Crippen molar-refractivity contribution in [1.82, 2.24) is 4.57 Å². The molecule has 2 heterocycles. The predicted molar refractivity (Wildman–Crippen MR) is 226 cm³/mol. The summed E-state index contributed by atoms with van der Waals surface area (Å²) < 4.78 is 9.11. The van der Waals surface area contributed by atoms with E-state index in [-0.39, 0.29) is 5.41 Å². The van der Waals surface area contributed by atoms with Crippen LogP contribution in [-0.4, -0.2) is 4.57 Å². The van der Waals surface area contributed by atoms with Gasteiger partial charge in [0.2, 0.25) is 0 Å². The molecular formula is C51H36N2O. The van der Waals surface area contributed by atoms with E-state index >= 15 is 0 Å². The van der Waals surface area contributed by atoms with Gasteiger partial charge in [-0.25, -0.2) is 0 Å². The molecule has 0 N–H and O–H groups in total. The standard InChI is InChI=1S/C51H36N2O/c1-51(2)40-25-14-12-23-37(40)38-30-29-36(31-41(38)51)52(34-19-8-4-9-20-34)42-26-16-27-43-49(42)50-44(53(43)35-21-10-5-11-22-35)32-46-48(39-24-13-15-28-45(39)54-46)47(50)33-17-6-3-7-18-33/h3-32H,1-2H3. The van der Waals surface area contributed by atoms with Gasteiger partial charge in [0.05, 0.1) is 16.7 Å². The lowest BCUT2D eigenvalue weighted by molar-refractivity contribution is 0.660. The van der Waals surface area contributed by atoms with Crippen LogP contribution in [0.2, 0.25) is 0 Å². The van der Waals surface area contributed by atoms with E-state index in [1.165, 1.54) is 38.6 Å². The van der Waals surface area contributed by atoms with Crippen LogP contribution >= 0.6 is 0 Å². The molecule has 3 heteroatoms. The Kier molecular flexibility index (Phi) is 6.60. The fourth-order valence-electron chi connectivity index (χ4n) is 9.17. The van der Waals surface area contributed by atoms with Crippen LogP contribution in [0.4, 0.5) is 17.1 Å². The highest BCUT2D eigenvalue weighted by atomic mass is 16.3. The number of furan rings is 1. The Morgan fingerprint density at radius 2 is 1.17 bits per heavy atom. The molecule has 54 heavy (non-hydrogen) atoms.